The second-order valence-corrected chi connectivity index (χ2v) is 8.28. The molecule has 8 nitrogen and oxygen atoms in total. The lowest BCUT2D eigenvalue weighted by molar-refractivity contribution is -0.134. The predicted molar refractivity (Wildman–Crippen MR) is 109 cm³/mol. The summed E-state index contributed by atoms with van der Waals surface area (Å²) in [6.45, 7) is 0.775. The van der Waals surface area contributed by atoms with E-state index in [1.807, 2.05) is 23.1 Å². The summed E-state index contributed by atoms with van der Waals surface area (Å²) in [6, 6.07) is 5.18. The van der Waals surface area contributed by atoms with Crippen molar-refractivity contribution in [3.63, 3.8) is 0 Å². The number of methoxy groups -OCH3 is 2. The van der Waals surface area contributed by atoms with E-state index >= 15 is 0 Å². The highest BCUT2D eigenvalue weighted by Gasteiger charge is 2.52. The van der Waals surface area contributed by atoms with Crippen molar-refractivity contribution in [2.24, 2.45) is 0 Å². The van der Waals surface area contributed by atoms with Crippen LogP contribution in [0.25, 0.3) is 0 Å². The zero-order chi connectivity index (χ0) is 21.3. The molecule has 0 unspecified atom stereocenters. The van der Waals surface area contributed by atoms with Gasteiger partial charge in [-0.1, -0.05) is 12.8 Å². The molecule has 0 aromatic heterocycles. The molecule has 4 rings (SSSR count). The third-order valence-electron chi connectivity index (χ3n) is 6.63. The quantitative estimate of drug-likeness (QED) is 0.722. The van der Waals surface area contributed by atoms with Gasteiger partial charge in [-0.3, -0.25) is 14.5 Å². The number of ether oxygens (including phenoxy) is 2. The average Bonchev–Trinajstić information content (AvgIpc) is 3.47. The van der Waals surface area contributed by atoms with Gasteiger partial charge in [-0.2, -0.15) is 0 Å². The molecule has 1 aromatic rings. The van der Waals surface area contributed by atoms with E-state index in [9.17, 15) is 14.4 Å². The summed E-state index contributed by atoms with van der Waals surface area (Å²) < 4.78 is 10.8. The Hall–Kier alpha value is -2.77. The summed E-state index contributed by atoms with van der Waals surface area (Å²) in [7, 11) is 3.21. The van der Waals surface area contributed by atoms with Gasteiger partial charge in [0.05, 0.1) is 20.3 Å². The highest BCUT2D eigenvalue weighted by molar-refractivity contribution is 6.07. The number of hydrogen-bond donors (Lipinski definition) is 1. The normalized spacial score (nSPS) is 22.7. The maximum atomic E-state index is 13.0. The molecule has 2 saturated heterocycles. The minimum absolute atomic E-state index is 0.0525. The molecule has 3 aliphatic rings. The number of likely N-dealkylation sites (tertiary alicyclic amines) is 1. The summed E-state index contributed by atoms with van der Waals surface area (Å²) in [5.74, 6) is 1.16. The van der Waals surface area contributed by atoms with Crippen LogP contribution in [0.5, 0.6) is 11.5 Å². The molecular weight excluding hydrogens is 386 g/mol. The molecule has 1 N–H and O–H groups in total. The summed E-state index contributed by atoms with van der Waals surface area (Å²) >= 11 is 0. The standard InChI is InChI=1S/C22H29N3O5/c1-29-15-7-8-16(18(14-15)30-2)17-6-5-12-24(17)19(26)9-13-25-20(27)22(23-21(25)28)10-3-4-11-22/h7-8,14,17H,3-6,9-13H2,1-2H3,(H,23,28)/t17-/m0/s1. The Morgan fingerprint density at radius 1 is 1.17 bits per heavy atom. The number of benzene rings is 1. The molecule has 162 valence electrons. The topological polar surface area (TPSA) is 88.2 Å². The first-order chi connectivity index (χ1) is 14.5. The number of hydrogen-bond acceptors (Lipinski definition) is 5. The van der Waals surface area contributed by atoms with Crippen molar-refractivity contribution in [3.8, 4) is 11.5 Å². The van der Waals surface area contributed by atoms with Crippen molar-refractivity contribution >= 4 is 17.8 Å². The number of amides is 4. The minimum Gasteiger partial charge on any atom is -0.497 e. The van der Waals surface area contributed by atoms with Gasteiger partial charge in [-0.15, -0.1) is 0 Å². The summed E-state index contributed by atoms with van der Waals surface area (Å²) in [5, 5.41) is 2.87. The molecule has 1 atom stereocenters. The van der Waals surface area contributed by atoms with Crippen LogP contribution in [-0.4, -0.2) is 60.5 Å². The van der Waals surface area contributed by atoms with Crippen LogP contribution in [0.4, 0.5) is 4.79 Å². The molecule has 0 bridgehead atoms. The first-order valence-electron chi connectivity index (χ1n) is 10.6. The highest BCUT2D eigenvalue weighted by Crippen LogP contribution is 2.39. The molecule has 8 heteroatoms. The van der Waals surface area contributed by atoms with Crippen LogP contribution in [0, 0.1) is 0 Å². The van der Waals surface area contributed by atoms with Gasteiger partial charge >= 0.3 is 6.03 Å². The molecule has 1 aromatic carbocycles. The lowest BCUT2D eigenvalue weighted by atomic mass is 9.98. The van der Waals surface area contributed by atoms with Crippen LogP contribution >= 0.6 is 0 Å². The molecule has 1 aliphatic carbocycles. The Morgan fingerprint density at radius 2 is 1.93 bits per heavy atom. The maximum absolute atomic E-state index is 13.0. The Bertz CT molecular complexity index is 849. The molecule has 2 heterocycles. The average molecular weight is 415 g/mol. The van der Waals surface area contributed by atoms with E-state index in [1.165, 1.54) is 4.90 Å². The largest absolute Gasteiger partial charge is 0.497 e. The molecule has 2 aliphatic heterocycles. The molecule has 1 saturated carbocycles. The second-order valence-electron chi connectivity index (χ2n) is 8.28. The fraction of sp³-hybridized carbons (Fsp3) is 0.591. The van der Waals surface area contributed by atoms with E-state index in [1.54, 1.807) is 14.2 Å². The minimum atomic E-state index is -0.729. The summed E-state index contributed by atoms with van der Waals surface area (Å²) in [4.78, 5) is 41.2. The zero-order valence-corrected chi connectivity index (χ0v) is 17.6. The van der Waals surface area contributed by atoms with E-state index in [-0.39, 0.29) is 36.9 Å². The Balaban J connectivity index is 1.43. The van der Waals surface area contributed by atoms with Crippen LogP contribution in [0.3, 0.4) is 0 Å². The van der Waals surface area contributed by atoms with Crippen LogP contribution < -0.4 is 14.8 Å². The molecule has 4 amide bonds. The van der Waals surface area contributed by atoms with E-state index in [0.29, 0.717) is 30.9 Å². The van der Waals surface area contributed by atoms with Crippen LogP contribution in [0.2, 0.25) is 0 Å². The van der Waals surface area contributed by atoms with Crippen molar-refractivity contribution in [1.29, 1.82) is 0 Å². The van der Waals surface area contributed by atoms with Gasteiger partial charge in [0.15, 0.2) is 0 Å². The van der Waals surface area contributed by atoms with Gasteiger partial charge in [0.2, 0.25) is 5.91 Å². The van der Waals surface area contributed by atoms with Crippen LogP contribution in [0.1, 0.15) is 56.6 Å². The maximum Gasteiger partial charge on any atom is 0.325 e. The van der Waals surface area contributed by atoms with Gasteiger partial charge in [0.1, 0.15) is 17.0 Å². The van der Waals surface area contributed by atoms with E-state index in [0.717, 1.165) is 31.2 Å². The number of carbonyl (C=O) groups is 3. The van der Waals surface area contributed by atoms with Crippen LogP contribution in [0.15, 0.2) is 18.2 Å². The monoisotopic (exact) mass is 415 g/mol. The second kappa shape index (κ2) is 8.16. The predicted octanol–water partition coefficient (Wildman–Crippen LogP) is 2.62. The summed E-state index contributed by atoms with van der Waals surface area (Å²) in [5.41, 5.74) is 0.219. The molecule has 3 fully saturated rings. The van der Waals surface area contributed by atoms with E-state index in [2.05, 4.69) is 5.32 Å². The molecular formula is C22H29N3O5. The van der Waals surface area contributed by atoms with Gasteiger partial charge in [-0.05, 0) is 37.8 Å². The lowest BCUT2D eigenvalue weighted by Crippen LogP contribution is -2.44. The van der Waals surface area contributed by atoms with Crippen molar-refractivity contribution in [3.05, 3.63) is 23.8 Å². The smallest absolute Gasteiger partial charge is 0.325 e. The van der Waals surface area contributed by atoms with Gasteiger partial charge in [-0.25, -0.2) is 4.79 Å². The summed E-state index contributed by atoms with van der Waals surface area (Å²) in [6.07, 6.45) is 5.14. The number of carbonyl (C=O) groups excluding carboxylic acids is 3. The first-order valence-corrected chi connectivity index (χ1v) is 10.6. The number of nitrogens with zero attached hydrogens (tertiary/aromatic N) is 2. The van der Waals surface area contributed by atoms with E-state index in [4.69, 9.17) is 9.47 Å². The van der Waals surface area contributed by atoms with Gasteiger partial charge in [0, 0.05) is 31.1 Å². The highest BCUT2D eigenvalue weighted by atomic mass is 16.5. The van der Waals surface area contributed by atoms with Crippen molar-refractivity contribution in [2.75, 3.05) is 27.3 Å². The fourth-order valence-corrected chi connectivity index (χ4v) is 5.03. The third kappa shape index (κ3) is 3.48. The SMILES string of the molecule is COc1ccc([C@@H]2CCCN2C(=O)CCN2C(=O)NC3(CCCC3)C2=O)c(OC)c1. The third-order valence-corrected chi connectivity index (χ3v) is 6.63. The Kier molecular flexibility index (Phi) is 5.58. The number of imide groups is 1. The van der Waals surface area contributed by atoms with E-state index < -0.39 is 5.54 Å². The zero-order valence-electron chi connectivity index (χ0n) is 17.6. The van der Waals surface area contributed by atoms with Crippen LogP contribution in [-0.2, 0) is 9.59 Å². The molecule has 0 radical (unpaired) electrons. The van der Waals surface area contributed by atoms with Crippen molar-refractivity contribution in [1.82, 2.24) is 15.1 Å². The van der Waals surface area contributed by atoms with Crippen molar-refractivity contribution in [2.45, 2.75) is 56.5 Å². The molecule has 30 heavy (non-hydrogen) atoms. The van der Waals surface area contributed by atoms with Gasteiger partial charge < -0.3 is 19.7 Å². The first kappa shape index (κ1) is 20.5. The number of urea groups is 1. The van der Waals surface area contributed by atoms with Crippen molar-refractivity contribution < 1.29 is 23.9 Å². The lowest BCUT2D eigenvalue weighted by Gasteiger charge is -2.27. The number of nitrogens with one attached hydrogen (secondary N) is 1. The number of rotatable bonds is 6. The molecule has 1 spiro atoms. The fourth-order valence-electron chi connectivity index (χ4n) is 5.03. The Labute approximate surface area is 176 Å². The Morgan fingerprint density at radius 3 is 2.63 bits per heavy atom. The van der Waals surface area contributed by atoms with Gasteiger partial charge in [0.25, 0.3) is 5.91 Å².